The zero-order valence-electron chi connectivity index (χ0n) is 9.98. The highest BCUT2D eigenvalue weighted by Gasteiger charge is 2.11. The topological polar surface area (TPSA) is 98.0 Å². The second kappa shape index (κ2) is 5.45. The summed E-state index contributed by atoms with van der Waals surface area (Å²) in [6, 6.07) is 0.471. The van der Waals surface area contributed by atoms with Gasteiger partial charge in [0.15, 0.2) is 0 Å². The van der Waals surface area contributed by atoms with Crippen LogP contribution >= 0.6 is 0 Å². The van der Waals surface area contributed by atoms with Crippen molar-refractivity contribution >= 4 is 11.9 Å². The summed E-state index contributed by atoms with van der Waals surface area (Å²) in [5.74, 6) is 6.43. The molecule has 0 aliphatic carbocycles. The van der Waals surface area contributed by atoms with Crippen molar-refractivity contribution in [3.05, 3.63) is 0 Å². The molecule has 0 fully saturated rings. The van der Waals surface area contributed by atoms with Crippen LogP contribution in [0.25, 0.3) is 0 Å². The third-order valence-electron chi connectivity index (χ3n) is 2.28. The first-order valence-electron chi connectivity index (χ1n) is 5.10. The molecule has 0 saturated heterocycles. The molecule has 0 bridgehead atoms. The number of nitrogen functional groups attached to an aromatic ring is 1. The molecule has 1 aromatic rings. The Labute approximate surface area is 94.8 Å². The third kappa shape index (κ3) is 3.20. The van der Waals surface area contributed by atoms with Crippen molar-refractivity contribution in [2.24, 2.45) is 11.8 Å². The second-order valence-electron chi connectivity index (χ2n) is 3.79. The van der Waals surface area contributed by atoms with E-state index in [0.29, 0.717) is 11.9 Å². The average Bonchev–Trinajstić information content (AvgIpc) is 2.28. The van der Waals surface area contributed by atoms with Crippen LogP contribution < -0.4 is 21.3 Å². The summed E-state index contributed by atoms with van der Waals surface area (Å²) >= 11 is 0. The molecular weight excluding hydrogens is 208 g/mol. The van der Waals surface area contributed by atoms with Crippen LogP contribution in [0.1, 0.15) is 20.8 Å². The van der Waals surface area contributed by atoms with Crippen molar-refractivity contribution in [2.75, 3.05) is 17.9 Å². The maximum absolute atomic E-state index is 5.25. The van der Waals surface area contributed by atoms with Crippen molar-refractivity contribution < 1.29 is 4.74 Å². The number of nitrogens with two attached hydrogens (primary N) is 1. The standard InChI is InChI=1S/C9H18N6O/c1-5(2)6(3)11-7-12-8(15-10)14-9(13-7)16-4/h5-6H,10H2,1-4H3,(H2,11,12,13,14,15). The first kappa shape index (κ1) is 12.4. The average molecular weight is 226 g/mol. The lowest BCUT2D eigenvalue weighted by atomic mass is 10.1. The highest BCUT2D eigenvalue weighted by molar-refractivity contribution is 5.35. The smallest absolute Gasteiger partial charge is 0.322 e. The quantitative estimate of drug-likeness (QED) is 0.500. The van der Waals surface area contributed by atoms with Gasteiger partial charge in [-0.05, 0) is 12.8 Å². The largest absolute Gasteiger partial charge is 0.467 e. The zero-order valence-corrected chi connectivity index (χ0v) is 9.98. The van der Waals surface area contributed by atoms with E-state index in [0.717, 1.165) is 0 Å². The molecule has 0 aliphatic heterocycles. The summed E-state index contributed by atoms with van der Waals surface area (Å²) in [4.78, 5) is 12.0. The van der Waals surface area contributed by atoms with Gasteiger partial charge >= 0.3 is 6.01 Å². The Kier molecular flexibility index (Phi) is 4.24. The van der Waals surface area contributed by atoms with Gasteiger partial charge in [0.25, 0.3) is 0 Å². The first-order chi connectivity index (χ1) is 7.56. The van der Waals surface area contributed by atoms with Crippen LogP contribution in [0.2, 0.25) is 0 Å². The number of hydrogen-bond acceptors (Lipinski definition) is 7. The Morgan fingerprint density at radius 1 is 1.12 bits per heavy atom. The number of methoxy groups -OCH3 is 1. The fourth-order valence-corrected chi connectivity index (χ4v) is 0.947. The summed E-state index contributed by atoms with van der Waals surface area (Å²) in [7, 11) is 1.49. The first-order valence-corrected chi connectivity index (χ1v) is 5.10. The summed E-state index contributed by atoms with van der Waals surface area (Å²) in [6.45, 7) is 6.27. The van der Waals surface area contributed by atoms with E-state index in [-0.39, 0.29) is 18.0 Å². The minimum Gasteiger partial charge on any atom is -0.467 e. The van der Waals surface area contributed by atoms with Gasteiger partial charge in [0, 0.05) is 6.04 Å². The molecule has 0 amide bonds. The zero-order chi connectivity index (χ0) is 12.1. The van der Waals surface area contributed by atoms with Gasteiger partial charge in [0.2, 0.25) is 11.9 Å². The van der Waals surface area contributed by atoms with Gasteiger partial charge in [-0.3, -0.25) is 5.43 Å². The molecule has 0 radical (unpaired) electrons. The van der Waals surface area contributed by atoms with E-state index in [1.165, 1.54) is 7.11 Å². The predicted octanol–water partition coefficient (Wildman–Crippen LogP) is 0.622. The number of nitrogens with zero attached hydrogens (tertiary/aromatic N) is 3. The molecule has 16 heavy (non-hydrogen) atoms. The Morgan fingerprint density at radius 3 is 2.25 bits per heavy atom. The van der Waals surface area contributed by atoms with Crippen LogP contribution in [0.4, 0.5) is 11.9 Å². The Bertz CT molecular complexity index is 321. The van der Waals surface area contributed by atoms with E-state index < -0.39 is 0 Å². The molecule has 4 N–H and O–H groups in total. The van der Waals surface area contributed by atoms with Crippen molar-refractivity contribution in [1.29, 1.82) is 0 Å². The molecule has 0 spiro atoms. The van der Waals surface area contributed by atoms with Crippen LogP contribution in [0, 0.1) is 5.92 Å². The highest BCUT2D eigenvalue weighted by atomic mass is 16.5. The number of aromatic nitrogens is 3. The van der Waals surface area contributed by atoms with Gasteiger partial charge in [0.05, 0.1) is 7.11 Å². The SMILES string of the molecule is COc1nc(NN)nc(NC(C)C(C)C)n1. The Hall–Kier alpha value is -1.63. The molecule has 0 aliphatic rings. The maximum Gasteiger partial charge on any atom is 0.322 e. The van der Waals surface area contributed by atoms with Crippen LogP contribution in [-0.2, 0) is 0 Å². The number of rotatable bonds is 5. The molecule has 90 valence electrons. The molecule has 0 aromatic carbocycles. The molecule has 1 atom stereocenters. The molecule has 7 nitrogen and oxygen atoms in total. The van der Waals surface area contributed by atoms with E-state index in [1.54, 1.807) is 0 Å². The van der Waals surface area contributed by atoms with Crippen molar-refractivity contribution in [3.8, 4) is 6.01 Å². The van der Waals surface area contributed by atoms with Crippen LogP contribution in [-0.4, -0.2) is 28.1 Å². The van der Waals surface area contributed by atoms with E-state index in [4.69, 9.17) is 10.6 Å². The van der Waals surface area contributed by atoms with Crippen LogP contribution in [0.5, 0.6) is 6.01 Å². The van der Waals surface area contributed by atoms with Crippen LogP contribution in [0.15, 0.2) is 0 Å². The van der Waals surface area contributed by atoms with E-state index >= 15 is 0 Å². The van der Waals surface area contributed by atoms with Gasteiger partial charge in [0.1, 0.15) is 0 Å². The Balaban J connectivity index is 2.86. The van der Waals surface area contributed by atoms with Gasteiger partial charge < -0.3 is 10.1 Å². The number of ether oxygens (including phenoxy) is 1. The van der Waals surface area contributed by atoms with Gasteiger partial charge in [-0.1, -0.05) is 13.8 Å². The molecular formula is C9H18N6O. The van der Waals surface area contributed by atoms with Crippen molar-refractivity contribution in [1.82, 2.24) is 15.0 Å². The minimum absolute atomic E-state index is 0.224. The minimum atomic E-state index is 0.224. The van der Waals surface area contributed by atoms with Crippen molar-refractivity contribution in [2.45, 2.75) is 26.8 Å². The monoisotopic (exact) mass is 226 g/mol. The van der Waals surface area contributed by atoms with E-state index in [2.05, 4.69) is 46.5 Å². The number of hydrogen-bond donors (Lipinski definition) is 3. The lowest BCUT2D eigenvalue weighted by Crippen LogP contribution is -2.24. The molecule has 7 heteroatoms. The molecule has 1 heterocycles. The summed E-state index contributed by atoms with van der Waals surface area (Å²) < 4.78 is 4.94. The van der Waals surface area contributed by atoms with Gasteiger partial charge in [-0.25, -0.2) is 5.84 Å². The number of anilines is 2. The third-order valence-corrected chi connectivity index (χ3v) is 2.28. The fourth-order valence-electron chi connectivity index (χ4n) is 0.947. The lowest BCUT2D eigenvalue weighted by molar-refractivity contribution is 0.379. The maximum atomic E-state index is 5.25. The molecule has 1 unspecified atom stereocenters. The second-order valence-corrected chi connectivity index (χ2v) is 3.79. The lowest BCUT2D eigenvalue weighted by Gasteiger charge is -2.17. The van der Waals surface area contributed by atoms with Crippen molar-refractivity contribution in [3.63, 3.8) is 0 Å². The summed E-state index contributed by atoms with van der Waals surface area (Å²) in [6.07, 6.45) is 0. The Morgan fingerprint density at radius 2 is 1.75 bits per heavy atom. The normalized spacial score (nSPS) is 12.4. The predicted molar refractivity (Wildman–Crippen MR) is 62.1 cm³/mol. The van der Waals surface area contributed by atoms with Gasteiger partial charge in [-0.15, -0.1) is 0 Å². The number of hydrazine groups is 1. The van der Waals surface area contributed by atoms with E-state index in [9.17, 15) is 0 Å². The van der Waals surface area contributed by atoms with Crippen LogP contribution in [0.3, 0.4) is 0 Å². The fraction of sp³-hybridized carbons (Fsp3) is 0.667. The highest BCUT2D eigenvalue weighted by Crippen LogP contribution is 2.12. The molecule has 0 saturated carbocycles. The summed E-state index contributed by atoms with van der Waals surface area (Å²) in [5, 5.41) is 3.15. The molecule has 1 rings (SSSR count). The molecule has 1 aromatic heterocycles. The van der Waals surface area contributed by atoms with Gasteiger partial charge in [-0.2, -0.15) is 15.0 Å². The van der Waals surface area contributed by atoms with E-state index in [1.807, 2.05) is 0 Å². The summed E-state index contributed by atoms with van der Waals surface area (Å²) in [5.41, 5.74) is 2.36. The number of nitrogens with one attached hydrogen (secondary N) is 2.